The molecule has 0 aliphatic carbocycles. The van der Waals surface area contributed by atoms with Crippen LogP contribution < -0.4 is 5.32 Å². The maximum absolute atomic E-state index is 3.32. The first-order valence-corrected chi connectivity index (χ1v) is 4.16. The topological polar surface area (TPSA) is 12.0 Å². The summed E-state index contributed by atoms with van der Waals surface area (Å²) in [6.07, 6.45) is 0. The average Bonchev–Trinajstić information content (AvgIpc) is 2.06. The summed E-state index contributed by atoms with van der Waals surface area (Å²) in [7, 11) is 0. The van der Waals surface area contributed by atoms with Gasteiger partial charge >= 0.3 is 0 Å². The van der Waals surface area contributed by atoms with Crippen molar-refractivity contribution in [3.8, 4) is 0 Å². The van der Waals surface area contributed by atoms with E-state index < -0.39 is 0 Å². The molecule has 1 heteroatoms. The van der Waals surface area contributed by atoms with Gasteiger partial charge in [-0.15, -0.1) is 0 Å². The molecule has 64 valence electrons. The van der Waals surface area contributed by atoms with Crippen molar-refractivity contribution >= 4 is 5.69 Å². The van der Waals surface area contributed by atoms with E-state index in [4.69, 9.17) is 0 Å². The van der Waals surface area contributed by atoms with Crippen molar-refractivity contribution in [2.45, 2.75) is 20.8 Å². The van der Waals surface area contributed by atoms with Crippen LogP contribution in [0.1, 0.15) is 20.8 Å². The Hall–Kier alpha value is -1.24. The van der Waals surface area contributed by atoms with Gasteiger partial charge < -0.3 is 5.32 Å². The molecule has 0 fully saturated rings. The summed E-state index contributed by atoms with van der Waals surface area (Å²) in [5, 5.41) is 3.32. The van der Waals surface area contributed by atoms with Gasteiger partial charge in [0.25, 0.3) is 0 Å². The van der Waals surface area contributed by atoms with E-state index in [1.807, 2.05) is 18.2 Å². The molecule has 0 radical (unpaired) electrons. The molecular weight excluding hydrogens is 146 g/mol. The van der Waals surface area contributed by atoms with Gasteiger partial charge in [-0.25, -0.2) is 0 Å². The Bertz CT molecular complexity index is 268. The standard InChI is InChI=1S/C11H15N/c1-9(2)10(3)12-11-7-5-4-6-8-11/h4-8,12H,1-3H3. The first-order chi connectivity index (χ1) is 5.70. The smallest absolute Gasteiger partial charge is 0.0381 e. The molecule has 1 nitrogen and oxygen atoms in total. The summed E-state index contributed by atoms with van der Waals surface area (Å²) in [6, 6.07) is 10.2. The van der Waals surface area contributed by atoms with Crippen molar-refractivity contribution in [2.75, 3.05) is 5.32 Å². The molecule has 0 bridgehead atoms. The zero-order valence-corrected chi connectivity index (χ0v) is 7.89. The molecule has 0 heterocycles. The lowest BCUT2D eigenvalue weighted by atomic mass is 10.2. The Balaban J connectivity index is 2.72. The molecule has 0 aromatic heterocycles. The molecule has 1 aromatic carbocycles. The minimum absolute atomic E-state index is 1.15. The lowest BCUT2D eigenvalue weighted by Gasteiger charge is -2.07. The lowest BCUT2D eigenvalue weighted by Crippen LogP contribution is -1.96. The minimum atomic E-state index is 1.15. The number of hydrogen-bond acceptors (Lipinski definition) is 1. The van der Waals surface area contributed by atoms with E-state index in [1.54, 1.807) is 0 Å². The van der Waals surface area contributed by atoms with Gasteiger partial charge in [-0.3, -0.25) is 0 Å². The Morgan fingerprint density at radius 1 is 1.00 bits per heavy atom. The van der Waals surface area contributed by atoms with E-state index in [-0.39, 0.29) is 0 Å². The molecule has 0 saturated carbocycles. The molecule has 0 aliphatic heterocycles. The van der Waals surface area contributed by atoms with Crippen LogP contribution in [0, 0.1) is 0 Å². The highest BCUT2D eigenvalue weighted by molar-refractivity contribution is 5.47. The second-order valence-electron chi connectivity index (χ2n) is 3.12. The first-order valence-electron chi connectivity index (χ1n) is 4.16. The average molecular weight is 161 g/mol. The fourth-order valence-electron chi connectivity index (χ4n) is 0.863. The van der Waals surface area contributed by atoms with E-state index in [0.717, 1.165) is 5.69 Å². The van der Waals surface area contributed by atoms with Crippen LogP contribution in [0.2, 0.25) is 0 Å². The van der Waals surface area contributed by atoms with Crippen molar-refractivity contribution in [3.05, 3.63) is 41.6 Å². The highest BCUT2D eigenvalue weighted by Crippen LogP contribution is 2.10. The molecule has 0 spiro atoms. The zero-order chi connectivity index (χ0) is 8.97. The van der Waals surface area contributed by atoms with Crippen LogP contribution in [0.15, 0.2) is 41.6 Å². The Kier molecular flexibility index (Phi) is 2.92. The number of nitrogens with one attached hydrogen (secondary N) is 1. The van der Waals surface area contributed by atoms with Gasteiger partial charge in [0, 0.05) is 11.4 Å². The molecular formula is C11H15N. The highest BCUT2D eigenvalue weighted by atomic mass is 14.9. The molecule has 1 aromatic rings. The van der Waals surface area contributed by atoms with Crippen LogP contribution in [0.4, 0.5) is 5.69 Å². The molecule has 0 atom stereocenters. The van der Waals surface area contributed by atoms with Crippen LogP contribution in [0.5, 0.6) is 0 Å². The fraction of sp³-hybridized carbons (Fsp3) is 0.273. The monoisotopic (exact) mass is 161 g/mol. The maximum Gasteiger partial charge on any atom is 0.0381 e. The highest BCUT2D eigenvalue weighted by Gasteiger charge is 1.91. The predicted molar refractivity (Wildman–Crippen MR) is 54.1 cm³/mol. The van der Waals surface area contributed by atoms with Crippen LogP contribution in [-0.4, -0.2) is 0 Å². The van der Waals surface area contributed by atoms with Gasteiger partial charge in [-0.1, -0.05) is 23.8 Å². The van der Waals surface area contributed by atoms with Crippen molar-refractivity contribution in [1.29, 1.82) is 0 Å². The van der Waals surface area contributed by atoms with E-state index >= 15 is 0 Å². The largest absolute Gasteiger partial charge is 0.359 e. The third kappa shape index (κ3) is 2.42. The number of rotatable bonds is 2. The minimum Gasteiger partial charge on any atom is -0.359 e. The van der Waals surface area contributed by atoms with Crippen LogP contribution >= 0.6 is 0 Å². The quantitative estimate of drug-likeness (QED) is 0.700. The van der Waals surface area contributed by atoms with Crippen LogP contribution in [0.25, 0.3) is 0 Å². The van der Waals surface area contributed by atoms with Gasteiger partial charge in [0.05, 0.1) is 0 Å². The molecule has 0 unspecified atom stereocenters. The fourth-order valence-corrected chi connectivity index (χ4v) is 0.863. The first kappa shape index (κ1) is 8.85. The summed E-state index contributed by atoms with van der Waals surface area (Å²) < 4.78 is 0. The number of anilines is 1. The summed E-state index contributed by atoms with van der Waals surface area (Å²) in [5.74, 6) is 0. The van der Waals surface area contributed by atoms with Gasteiger partial charge in [0.15, 0.2) is 0 Å². The van der Waals surface area contributed by atoms with Crippen LogP contribution in [-0.2, 0) is 0 Å². The number of benzene rings is 1. The van der Waals surface area contributed by atoms with Crippen molar-refractivity contribution < 1.29 is 0 Å². The SMILES string of the molecule is CC(C)=C(C)Nc1ccccc1. The molecule has 0 amide bonds. The summed E-state index contributed by atoms with van der Waals surface area (Å²) in [5.41, 5.74) is 3.69. The summed E-state index contributed by atoms with van der Waals surface area (Å²) >= 11 is 0. The third-order valence-electron chi connectivity index (χ3n) is 1.86. The maximum atomic E-state index is 3.32. The van der Waals surface area contributed by atoms with E-state index in [1.165, 1.54) is 11.3 Å². The predicted octanol–water partition coefficient (Wildman–Crippen LogP) is 3.41. The van der Waals surface area contributed by atoms with E-state index in [2.05, 4.69) is 38.2 Å². The molecule has 1 N–H and O–H groups in total. The number of allylic oxidation sites excluding steroid dienone is 2. The Labute approximate surface area is 74.1 Å². The molecule has 0 saturated heterocycles. The van der Waals surface area contributed by atoms with Crippen LogP contribution in [0.3, 0.4) is 0 Å². The van der Waals surface area contributed by atoms with Gasteiger partial charge in [0.1, 0.15) is 0 Å². The summed E-state index contributed by atoms with van der Waals surface area (Å²) in [4.78, 5) is 0. The van der Waals surface area contributed by atoms with E-state index in [9.17, 15) is 0 Å². The van der Waals surface area contributed by atoms with E-state index in [0.29, 0.717) is 0 Å². The van der Waals surface area contributed by atoms with Crippen molar-refractivity contribution in [3.63, 3.8) is 0 Å². The second-order valence-corrected chi connectivity index (χ2v) is 3.12. The van der Waals surface area contributed by atoms with Gasteiger partial charge in [-0.2, -0.15) is 0 Å². The normalized spacial score (nSPS) is 9.25. The lowest BCUT2D eigenvalue weighted by molar-refractivity contribution is 1.23. The second kappa shape index (κ2) is 3.96. The zero-order valence-electron chi connectivity index (χ0n) is 7.89. The van der Waals surface area contributed by atoms with Gasteiger partial charge in [0.2, 0.25) is 0 Å². The third-order valence-corrected chi connectivity index (χ3v) is 1.86. The van der Waals surface area contributed by atoms with Crippen molar-refractivity contribution in [1.82, 2.24) is 0 Å². The van der Waals surface area contributed by atoms with Gasteiger partial charge in [-0.05, 0) is 32.9 Å². The Morgan fingerprint density at radius 3 is 2.08 bits per heavy atom. The Morgan fingerprint density at radius 2 is 1.58 bits per heavy atom. The number of hydrogen-bond donors (Lipinski definition) is 1. The van der Waals surface area contributed by atoms with Crippen molar-refractivity contribution in [2.24, 2.45) is 0 Å². The molecule has 0 aliphatic rings. The summed E-state index contributed by atoms with van der Waals surface area (Å²) in [6.45, 7) is 6.29. The number of para-hydroxylation sites is 1. The molecule has 1 rings (SSSR count). The molecule has 12 heavy (non-hydrogen) atoms.